The molecule has 9 heteroatoms. The van der Waals surface area contributed by atoms with E-state index in [9.17, 15) is 4.79 Å². The SMILES string of the molecule is COc1ccc(Cl)cc1C(=O)OCc1nc(N)nc(N(C)C)n1. The van der Waals surface area contributed by atoms with Crippen molar-refractivity contribution in [3.8, 4) is 5.75 Å². The summed E-state index contributed by atoms with van der Waals surface area (Å²) < 4.78 is 10.3. The van der Waals surface area contributed by atoms with Crippen LogP contribution in [0.25, 0.3) is 0 Å². The van der Waals surface area contributed by atoms with Crippen LogP contribution in [0.15, 0.2) is 18.2 Å². The first kappa shape index (κ1) is 16.8. The number of benzene rings is 1. The van der Waals surface area contributed by atoms with Crippen LogP contribution in [-0.4, -0.2) is 42.1 Å². The predicted molar refractivity (Wildman–Crippen MR) is 85.7 cm³/mol. The molecular formula is C14H16ClN5O3. The first-order valence-corrected chi connectivity index (χ1v) is 6.97. The highest BCUT2D eigenvalue weighted by atomic mass is 35.5. The van der Waals surface area contributed by atoms with E-state index in [0.29, 0.717) is 16.7 Å². The number of methoxy groups -OCH3 is 1. The second kappa shape index (κ2) is 7.10. The van der Waals surface area contributed by atoms with E-state index in [0.717, 1.165) is 0 Å². The van der Waals surface area contributed by atoms with Crippen molar-refractivity contribution < 1.29 is 14.3 Å². The van der Waals surface area contributed by atoms with Crippen LogP contribution < -0.4 is 15.4 Å². The summed E-state index contributed by atoms with van der Waals surface area (Å²) in [7, 11) is 4.98. The van der Waals surface area contributed by atoms with Crippen molar-refractivity contribution in [3.05, 3.63) is 34.6 Å². The second-order valence-electron chi connectivity index (χ2n) is 4.73. The lowest BCUT2D eigenvalue weighted by molar-refractivity contribution is 0.0458. The fraction of sp³-hybridized carbons (Fsp3) is 0.286. The van der Waals surface area contributed by atoms with Crippen LogP contribution in [0.1, 0.15) is 16.2 Å². The first-order valence-electron chi connectivity index (χ1n) is 6.59. The van der Waals surface area contributed by atoms with Gasteiger partial charge in [0, 0.05) is 19.1 Å². The summed E-state index contributed by atoms with van der Waals surface area (Å²) in [6, 6.07) is 4.67. The van der Waals surface area contributed by atoms with Crippen molar-refractivity contribution in [2.45, 2.75) is 6.61 Å². The summed E-state index contributed by atoms with van der Waals surface area (Å²) in [4.78, 5) is 25.9. The van der Waals surface area contributed by atoms with Crippen molar-refractivity contribution in [2.24, 2.45) is 0 Å². The maximum atomic E-state index is 12.2. The van der Waals surface area contributed by atoms with Gasteiger partial charge in [-0.2, -0.15) is 15.0 Å². The van der Waals surface area contributed by atoms with Gasteiger partial charge in [-0.1, -0.05) is 11.6 Å². The van der Waals surface area contributed by atoms with Gasteiger partial charge in [0.2, 0.25) is 11.9 Å². The molecule has 0 spiro atoms. The summed E-state index contributed by atoms with van der Waals surface area (Å²) in [5, 5.41) is 0.400. The number of rotatable bonds is 5. The molecule has 0 bridgehead atoms. The van der Waals surface area contributed by atoms with Crippen LogP contribution in [-0.2, 0) is 11.3 Å². The molecule has 1 aromatic heterocycles. The van der Waals surface area contributed by atoms with Gasteiger partial charge in [0.05, 0.1) is 7.11 Å². The molecule has 0 aliphatic carbocycles. The summed E-state index contributed by atoms with van der Waals surface area (Å²) >= 11 is 5.89. The molecule has 2 N–H and O–H groups in total. The number of hydrogen-bond donors (Lipinski definition) is 1. The zero-order valence-electron chi connectivity index (χ0n) is 12.9. The molecule has 1 aromatic carbocycles. The highest BCUT2D eigenvalue weighted by Crippen LogP contribution is 2.23. The van der Waals surface area contributed by atoms with Crippen LogP contribution >= 0.6 is 11.6 Å². The van der Waals surface area contributed by atoms with Crippen molar-refractivity contribution in [3.63, 3.8) is 0 Å². The number of aromatic nitrogens is 3. The summed E-state index contributed by atoms with van der Waals surface area (Å²) in [5.74, 6) is 0.438. The highest BCUT2D eigenvalue weighted by Gasteiger charge is 2.16. The average molecular weight is 338 g/mol. The Kier molecular flexibility index (Phi) is 5.17. The normalized spacial score (nSPS) is 10.3. The van der Waals surface area contributed by atoms with E-state index < -0.39 is 5.97 Å². The molecule has 2 rings (SSSR count). The Hall–Kier alpha value is -2.61. The Morgan fingerprint density at radius 3 is 2.70 bits per heavy atom. The Balaban J connectivity index is 2.15. The number of hydrogen-bond acceptors (Lipinski definition) is 8. The van der Waals surface area contributed by atoms with Crippen molar-refractivity contribution in [1.29, 1.82) is 0 Å². The Morgan fingerprint density at radius 2 is 2.04 bits per heavy atom. The number of esters is 1. The lowest BCUT2D eigenvalue weighted by atomic mass is 10.2. The molecule has 0 aliphatic heterocycles. The number of nitrogen functional groups attached to an aromatic ring is 1. The number of carbonyl (C=O) groups is 1. The monoisotopic (exact) mass is 337 g/mol. The minimum Gasteiger partial charge on any atom is -0.496 e. The van der Waals surface area contributed by atoms with E-state index in [1.165, 1.54) is 13.2 Å². The quantitative estimate of drug-likeness (QED) is 0.819. The number of ether oxygens (including phenoxy) is 2. The van der Waals surface area contributed by atoms with Gasteiger partial charge in [-0.3, -0.25) is 0 Å². The number of anilines is 2. The van der Waals surface area contributed by atoms with E-state index >= 15 is 0 Å². The van der Waals surface area contributed by atoms with Gasteiger partial charge in [-0.25, -0.2) is 4.79 Å². The van der Waals surface area contributed by atoms with E-state index in [-0.39, 0.29) is 23.9 Å². The molecule has 8 nitrogen and oxygen atoms in total. The second-order valence-corrected chi connectivity index (χ2v) is 5.16. The van der Waals surface area contributed by atoms with Gasteiger partial charge < -0.3 is 20.1 Å². The Labute approximate surface area is 138 Å². The predicted octanol–water partition coefficient (Wildman–Crippen LogP) is 1.54. The molecule has 0 unspecified atom stereocenters. The largest absolute Gasteiger partial charge is 0.496 e. The molecular weight excluding hydrogens is 322 g/mol. The fourth-order valence-corrected chi connectivity index (χ4v) is 1.91. The van der Waals surface area contributed by atoms with E-state index in [1.54, 1.807) is 31.1 Å². The van der Waals surface area contributed by atoms with Crippen molar-refractivity contribution in [1.82, 2.24) is 15.0 Å². The molecule has 0 aliphatic rings. The van der Waals surface area contributed by atoms with Crippen LogP contribution in [0.5, 0.6) is 5.75 Å². The lowest BCUT2D eigenvalue weighted by Gasteiger charge is -2.12. The average Bonchev–Trinajstić information content (AvgIpc) is 2.52. The topological polar surface area (TPSA) is 103 Å². The lowest BCUT2D eigenvalue weighted by Crippen LogP contribution is -2.17. The third-order valence-corrected chi connectivity index (χ3v) is 3.04. The number of nitrogens with zero attached hydrogens (tertiary/aromatic N) is 4. The number of halogens is 1. The summed E-state index contributed by atoms with van der Waals surface area (Å²) in [6.07, 6.45) is 0. The molecule has 0 saturated heterocycles. The van der Waals surface area contributed by atoms with Crippen LogP contribution in [0.4, 0.5) is 11.9 Å². The van der Waals surface area contributed by atoms with Gasteiger partial charge in [0.1, 0.15) is 11.3 Å². The van der Waals surface area contributed by atoms with Crippen molar-refractivity contribution in [2.75, 3.05) is 31.8 Å². The first-order chi connectivity index (χ1) is 10.9. The Morgan fingerprint density at radius 1 is 1.30 bits per heavy atom. The van der Waals surface area contributed by atoms with E-state index in [2.05, 4.69) is 15.0 Å². The van der Waals surface area contributed by atoms with Gasteiger partial charge in [0.15, 0.2) is 12.4 Å². The van der Waals surface area contributed by atoms with Crippen molar-refractivity contribution >= 4 is 29.5 Å². The number of carbonyl (C=O) groups excluding carboxylic acids is 1. The zero-order valence-corrected chi connectivity index (χ0v) is 13.7. The third-order valence-electron chi connectivity index (χ3n) is 2.80. The minimum atomic E-state index is -0.602. The maximum Gasteiger partial charge on any atom is 0.342 e. The minimum absolute atomic E-state index is 0.0510. The van der Waals surface area contributed by atoms with Crippen LogP contribution in [0, 0.1) is 0 Å². The Bertz CT molecular complexity index is 724. The van der Waals surface area contributed by atoms with Gasteiger partial charge in [-0.05, 0) is 18.2 Å². The molecule has 0 fully saturated rings. The summed E-state index contributed by atoms with van der Waals surface area (Å²) in [6.45, 7) is -0.151. The molecule has 2 aromatic rings. The molecule has 0 radical (unpaired) electrons. The molecule has 0 atom stereocenters. The highest BCUT2D eigenvalue weighted by molar-refractivity contribution is 6.31. The van der Waals surface area contributed by atoms with Crippen LogP contribution in [0.2, 0.25) is 5.02 Å². The van der Waals surface area contributed by atoms with Gasteiger partial charge in [0.25, 0.3) is 0 Å². The molecule has 1 heterocycles. The van der Waals surface area contributed by atoms with E-state index in [4.69, 9.17) is 26.8 Å². The molecule has 122 valence electrons. The standard InChI is InChI=1S/C14H16ClN5O3/c1-20(2)14-18-11(17-13(16)19-14)7-23-12(21)9-6-8(15)4-5-10(9)22-3/h4-6H,7H2,1-3H3,(H2,16,17,18,19). The fourth-order valence-electron chi connectivity index (χ4n) is 1.74. The number of nitrogens with two attached hydrogens (primary N) is 1. The van der Waals surface area contributed by atoms with Gasteiger partial charge in [-0.15, -0.1) is 0 Å². The summed E-state index contributed by atoms with van der Waals surface area (Å²) in [5.41, 5.74) is 5.83. The molecule has 23 heavy (non-hydrogen) atoms. The van der Waals surface area contributed by atoms with E-state index in [1.807, 2.05) is 0 Å². The van der Waals surface area contributed by atoms with Gasteiger partial charge >= 0.3 is 5.97 Å². The maximum absolute atomic E-state index is 12.2. The smallest absolute Gasteiger partial charge is 0.342 e. The molecule has 0 amide bonds. The molecule has 0 saturated carbocycles. The third kappa shape index (κ3) is 4.19. The zero-order chi connectivity index (χ0) is 17.0. The van der Waals surface area contributed by atoms with Crippen LogP contribution in [0.3, 0.4) is 0 Å².